The molecule has 2 heterocycles. The molecular formula is C21H20ClFN2O4. The molecule has 152 valence electrons. The van der Waals surface area contributed by atoms with Gasteiger partial charge in [0.25, 0.3) is 0 Å². The number of piperidine rings is 1. The smallest absolute Gasteiger partial charge is 0.415 e. The summed E-state index contributed by atoms with van der Waals surface area (Å²) in [7, 11) is 0. The van der Waals surface area contributed by atoms with Crippen molar-refractivity contribution in [2.45, 2.75) is 25.0 Å². The quantitative estimate of drug-likeness (QED) is 0.730. The van der Waals surface area contributed by atoms with Crippen LogP contribution in [-0.4, -0.2) is 42.3 Å². The Bertz CT molecular complexity index is 916. The van der Waals surface area contributed by atoms with E-state index in [1.165, 1.54) is 23.1 Å². The molecule has 6 nitrogen and oxygen atoms in total. The molecule has 29 heavy (non-hydrogen) atoms. The molecule has 2 saturated heterocycles. The first-order valence-electron chi connectivity index (χ1n) is 9.37. The normalized spacial score (nSPS) is 18.1. The first-order valence-corrected chi connectivity index (χ1v) is 9.75. The van der Waals surface area contributed by atoms with Gasteiger partial charge in [-0.1, -0.05) is 41.9 Å². The van der Waals surface area contributed by atoms with Crippen LogP contribution in [0.1, 0.15) is 18.4 Å². The van der Waals surface area contributed by atoms with Gasteiger partial charge in [-0.05, 0) is 23.8 Å². The van der Waals surface area contributed by atoms with E-state index in [0.29, 0.717) is 25.9 Å². The number of hydrogen-bond acceptors (Lipinski definition) is 4. The number of benzene rings is 2. The molecule has 2 fully saturated rings. The van der Waals surface area contributed by atoms with Crippen LogP contribution in [0.4, 0.5) is 19.7 Å². The zero-order valence-corrected chi connectivity index (χ0v) is 16.4. The lowest BCUT2D eigenvalue weighted by atomic mass is 9.91. The third kappa shape index (κ3) is 4.15. The average molecular weight is 419 g/mol. The Morgan fingerprint density at radius 1 is 1.17 bits per heavy atom. The van der Waals surface area contributed by atoms with Gasteiger partial charge in [0, 0.05) is 31.0 Å². The Morgan fingerprint density at radius 3 is 2.59 bits per heavy atom. The van der Waals surface area contributed by atoms with Crippen molar-refractivity contribution in [2.24, 2.45) is 0 Å². The molecule has 0 aliphatic carbocycles. The molecule has 0 aromatic heterocycles. The lowest BCUT2D eigenvalue weighted by molar-refractivity contribution is -0.00107. The lowest BCUT2D eigenvalue weighted by Crippen LogP contribution is -2.48. The highest BCUT2D eigenvalue weighted by Gasteiger charge is 2.48. The summed E-state index contributed by atoms with van der Waals surface area (Å²) in [6.07, 6.45) is -0.0598. The van der Waals surface area contributed by atoms with Crippen molar-refractivity contribution in [1.29, 1.82) is 0 Å². The SMILES string of the molecule is O=C(OCc1ccccc1)N1CCC2(CC1)CN(c1ccc(Cl)cc1F)C(=O)O2. The molecule has 2 aliphatic heterocycles. The van der Waals surface area contributed by atoms with Crippen LogP contribution in [0, 0.1) is 5.82 Å². The number of anilines is 1. The van der Waals surface area contributed by atoms with Gasteiger partial charge < -0.3 is 14.4 Å². The molecule has 8 heteroatoms. The second-order valence-electron chi connectivity index (χ2n) is 7.26. The summed E-state index contributed by atoms with van der Waals surface area (Å²) in [5.41, 5.74) is 0.319. The highest BCUT2D eigenvalue weighted by atomic mass is 35.5. The van der Waals surface area contributed by atoms with Crippen LogP contribution in [0.2, 0.25) is 5.02 Å². The van der Waals surface area contributed by atoms with Gasteiger partial charge in [-0.15, -0.1) is 0 Å². The third-order valence-electron chi connectivity index (χ3n) is 5.31. The minimum atomic E-state index is -0.737. The summed E-state index contributed by atoms with van der Waals surface area (Å²) >= 11 is 5.79. The van der Waals surface area contributed by atoms with Crippen molar-refractivity contribution in [1.82, 2.24) is 4.90 Å². The van der Waals surface area contributed by atoms with E-state index in [1.807, 2.05) is 30.3 Å². The van der Waals surface area contributed by atoms with Gasteiger partial charge in [0.05, 0.1) is 12.2 Å². The van der Waals surface area contributed by atoms with Crippen molar-refractivity contribution >= 4 is 29.5 Å². The summed E-state index contributed by atoms with van der Waals surface area (Å²) < 4.78 is 25.2. The lowest BCUT2D eigenvalue weighted by Gasteiger charge is -2.36. The number of hydrogen-bond donors (Lipinski definition) is 0. The maximum atomic E-state index is 14.2. The molecule has 0 bridgehead atoms. The molecule has 1 spiro atoms. The molecule has 0 saturated carbocycles. The Hall–Kier alpha value is -2.80. The molecule has 4 rings (SSSR count). The molecule has 2 aromatic carbocycles. The van der Waals surface area contributed by atoms with Crippen LogP contribution in [0.15, 0.2) is 48.5 Å². The monoisotopic (exact) mass is 418 g/mol. The van der Waals surface area contributed by atoms with E-state index in [-0.39, 0.29) is 23.9 Å². The third-order valence-corrected chi connectivity index (χ3v) is 5.54. The molecular weight excluding hydrogens is 399 g/mol. The molecule has 0 atom stereocenters. The van der Waals surface area contributed by atoms with Crippen LogP contribution >= 0.6 is 11.6 Å². The number of likely N-dealkylation sites (tertiary alicyclic amines) is 1. The number of ether oxygens (including phenoxy) is 2. The molecule has 0 radical (unpaired) electrons. The summed E-state index contributed by atoms with van der Waals surface area (Å²) in [6, 6.07) is 13.6. The van der Waals surface area contributed by atoms with Gasteiger partial charge in [0.15, 0.2) is 0 Å². The zero-order valence-electron chi connectivity index (χ0n) is 15.6. The van der Waals surface area contributed by atoms with E-state index in [0.717, 1.165) is 5.56 Å². The largest absolute Gasteiger partial charge is 0.445 e. The minimum absolute atomic E-state index is 0.140. The summed E-state index contributed by atoms with van der Waals surface area (Å²) in [6.45, 7) is 1.24. The van der Waals surface area contributed by atoms with Crippen LogP contribution < -0.4 is 4.90 Å². The van der Waals surface area contributed by atoms with Crippen LogP contribution in [0.25, 0.3) is 0 Å². The van der Waals surface area contributed by atoms with Gasteiger partial charge in [0.2, 0.25) is 0 Å². The molecule has 2 aliphatic rings. The fourth-order valence-electron chi connectivity index (χ4n) is 3.68. The predicted octanol–water partition coefficient (Wildman–Crippen LogP) is 4.61. The van der Waals surface area contributed by atoms with Crippen molar-refractivity contribution in [3.05, 3.63) is 64.9 Å². The molecule has 2 aromatic rings. The summed E-state index contributed by atoms with van der Waals surface area (Å²) in [5, 5.41) is 0.260. The topological polar surface area (TPSA) is 59.1 Å². The first-order chi connectivity index (χ1) is 14.0. The average Bonchev–Trinajstić information content (AvgIpc) is 3.03. The number of amides is 2. The van der Waals surface area contributed by atoms with Crippen LogP contribution in [-0.2, 0) is 16.1 Å². The van der Waals surface area contributed by atoms with Crippen LogP contribution in [0.3, 0.4) is 0 Å². The van der Waals surface area contributed by atoms with E-state index in [1.54, 1.807) is 4.90 Å². The molecule has 0 N–H and O–H groups in total. The van der Waals surface area contributed by atoms with Crippen LogP contribution in [0.5, 0.6) is 0 Å². The summed E-state index contributed by atoms with van der Waals surface area (Å²) in [4.78, 5) is 27.6. The Balaban J connectivity index is 1.35. The van der Waals surface area contributed by atoms with Gasteiger partial charge in [-0.3, -0.25) is 4.90 Å². The second kappa shape index (κ2) is 7.91. The van der Waals surface area contributed by atoms with Gasteiger partial charge in [0.1, 0.15) is 18.0 Å². The Labute approximate surface area is 172 Å². The van der Waals surface area contributed by atoms with Gasteiger partial charge in [-0.2, -0.15) is 0 Å². The fourth-order valence-corrected chi connectivity index (χ4v) is 3.84. The first kappa shape index (κ1) is 19.5. The summed E-state index contributed by atoms with van der Waals surface area (Å²) in [5.74, 6) is -0.576. The number of carbonyl (C=O) groups is 2. The van der Waals surface area contributed by atoms with Gasteiger partial charge in [-0.25, -0.2) is 14.0 Å². The molecule has 0 unspecified atom stereocenters. The van der Waals surface area contributed by atoms with E-state index in [4.69, 9.17) is 21.1 Å². The Kier molecular flexibility index (Phi) is 5.32. The van der Waals surface area contributed by atoms with E-state index >= 15 is 0 Å². The van der Waals surface area contributed by atoms with E-state index in [2.05, 4.69) is 0 Å². The second-order valence-corrected chi connectivity index (χ2v) is 7.70. The number of halogens is 2. The predicted molar refractivity (Wildman–Crippen MR) is 105 cm³/mol. The van der Waals surface area contributed by atoms with E-state index < -0.39 is 23.6 Å². The molecule has 2 amide bonds. The minimum Gasteiger partial charge on any atom is -0.445 e. The maximum Gasteiger partial charge on any atom is 0.415 e. The maximum absolute atomic E-state index is 14.2. The number of carbonyl (C=O) groups excluding carboxylic acids is 2. The Morgan fingerprint density at radius 2 is 1.90 bits per heavy atom. The van der Waals surface area contributed by atoms with Gasteiger partial charge >= 0.3 is 12.2 Å². The van der Waals surface area contributed by atoms with Crippen molar-refractivity contribution in [3.8, 4) is 0 Å². The highest BCUT2D eigenvalue weighted by molar-refractivity contribution is 6.30. The van der Waals surface area contributed by atoms with Crippen molar-refractivity contribution in [2.75, 3.05) is 24.5 Å². The van der Waals surface area contributed by atoms with Crippen molar-refractivity contribution in [3.63, 3.8) is 0 Å². The number of rotatable bonds is 3. The number of nitrogens with zero attached hydrogens (tertiary/aromatic N) is 2. The van der Waals surface area contributed by atoms with E-state index in [9.17, 15) is 14.0 Å². The standard InChI is InChI=1S/C21H20ClFN2O4/c22-16-6-7-18(17(23)12-16)25-14-21(29-20(25)27)8-10-24(11-9-21)19(26)28-13-15-4-2-1-3-5-15/h1-7,12H,8-11,13-14H2. The van der Waals surface area contributed by atoms with Crippen molar-refractivity contribution < 1.29 is 23.5 Å². The highest BCUT2D eigenvalue weighted by Crippen LogP contribution is 2.37. The fraction of sp³-hybridized carbons (Fsp3) is 0.333. The zero-order chi connectivity index (χ0) is 20.4.